The molecular formula is C13H24ClNO2. The lowest BCUT2D eigenvalue weighted by molar-refractivity contribution is -0.121. The van der Waals surface area contributed by atoms with Gasteiger partial charge in [-0.05, 0) is 31.6 Å². The van der Waals surface area contributed by atoms with Crippen LogP contribution in [0.5, 0.6) is 0 Å². The predicted molar refractivity (Wildman–Crippen MR) is 70.3 cm³/mol. The Morgan fingerprint density at radius 3 is 3.00 bits per heavy atom. The highest BCUT2D eigenvalue weighted by Gasteiger charge is 2.16. The summed E-state index contributed by atoms with van der Waals surface area (Å²) >= 11 is 5.71. The molecule has 1 N–H and O–H groups in total. The Morgan fingerprint density at radius 1 is 1.59 bits per heavy atom. The van der Waals surface area contributed by atoms with Crippen LogP contribution in [0.2, 0.25) is 0 Å². The van der Waals surface area contributed by atoms with Crippen LogP contribution >= 0.6 is 11.6 Å². The van der Waals surface area contributed by atoms with Crippen LogP contribution < -0.4 is 5.32 Å². The summed E-state index contributed by atoms with van der Waals surface area (Å²) < 4.78 is 5.49. The van der Waals surface area contributed by atoms with Crippen molar-refractivity contribution in [3.05, 3.63) is 0 Å². The van der Waals surface area contributed by atoms with E-state index in [-0.39, 0.29) is 5.91 Å². The van der Waals surface area contributed by atoms with Gasteiger partial charge in [0, 0.05) is 25.5 Å². The highest BCUT2D eigenvalue weighted by molar-refractivity contribution is 6.17. The molecule has 3 nitrogen and oxygen atoms in total. The third-order valence-electron chi connectivity index (χ3n) is 3.40. The second-order valence-corrected chi connectivity index (χ2v) is 5.11. The standard InChI is InChI=1S/C13H24ClNO2/c1-2-11(7-8-14)10-15-13(16)6-5-12-4-3-9-17-12/h11-12H,2-10H2,1H3,(H,15,16). The first kappa shape index (κ1) is 14.8. The highest BCUT2D eigenvalue weighted by atomic mass is 35.5. The van der Waals surface area contributed by atoms with Gasteiger partial charge >= 0.3 is 0 Å². The molecule has 0 aromatic heterocycles. The normalized spacial score (nSPS) is 21.4. The quantitative estimate of drug-likeness (QED) is 0.683. The number of carbonyl (C=O) groups excluding carboxylic acids is 1. The van der Waals surface area contributed by atoms with Crippen LogP contribution in [-0.2, 0) is 9.53 Å². The zero-order valence-corrected chi connectivity index (χ0v) is 11.5. The van der Waals surface area contributed by atoms with E-state index in [2.05, 4.69) is 12.2 Å². The maximum atomic E-state index is 11.6. The van der Waals surface area contributed by atoms with E-state index < -0.39 is 0 Å². The van der Waals surface area contributed by atoms with Crippen LogP contribution in [-0.4, -0.2) is 31.0 Å². The van der Waals surface area contributed by atoms with E-state index in [0.717, 1.165) is 45.3 Å². The van der Waals surface area contributed by atoms with Gasteiger partial charge in [-0.1, -0.05) is 13.3 Å². The Labute approximate surface area is 109 Å². The zero-order chi connectivity index (χ0) is 12.5. The molecule has 0 aromatic carbocycles. The first-order valence-electron chi connectivity index (χ1n) is 6.70. The highest BCUT2D eigenvalue weighted by Crippen LogP contribution is 2.16. The number of hydrogen-bond acceptors (Lipinski definition) is 2. The molecule has 1 rings (SSSR count). The molecule has 1 fully saturated rings. The fraction of sp³-hybridized carbons (Fsp3) is 0.923. The number of carbonyl (C=O) groups is 1. The first-order chi connectivity index (χ1) is 8.26. The van der Waals surface area contributed by atoms with Crippen molar-refractivity contribution in [3.63, 3.8) is 0 Å². The van der Waals surface area contributed by atoms with Crippen molar-refractivity contribution in [2.24, 2.45) is 5.92 Å². The molecule has 0 bridgehead atoms. The van der Waals surface area contributed by atoms with E-state index >= 15 is 0 Å². The molecule has 2 unspecified atom stereocenters. The monoisotopic (exact) mass is 261 g/mol. The predicted octanol–water partition coefficient (Wildman–Crippen LogP) is 2.72. The smallest absolute Gasteiger partial charge is 0.220 e. The average molecular weight is 262 g/mol. The molecule has 2 atom stereocenters. The number of hydrogen-bond donors (Lipinski definition) is 1. The van der Waals surface area contributed by atoms with Crippen LogP contribution in [0.15, 0.2) is 0 Å². The number of halogens is 1. The second-order valence-electron chi connectivity index (χ2n) is 4.73. The zero-order valence-electron chi connectivity index (χ0n) is 10.7. The Kier molecular flexibility index (Phi) is 7.62. The van der Waals surface area contributed by atoms with Crippen LogP contribution in [0.25, 0.3) is 0 Å². The number of ether oxygens (including phenoxy) is 1. The summed E-state index contributed by atoms with van der Waals surface area (Å²) in [6.45, 7) is 3.75. The molecule has 0 saturated carbocycles. The summed E-state index contributed by atoms with van der Waals surface area (Å²) in [5.41, 5.74) is 0. The van der Waals surface area contributed by atoms with Gasteiger partial charge in [0.05, 0.1) is 6.10 Å². The van der Waals surface area contributed by atoms with E-state index in [0.29, 0.717) is 24.3 Å². The third-order valence-corrected chi connectivity index (χ3v) is 3.62. The van der Waals surface area contributed by atoms with Gasteiger partial charge < -0.3 is 10.1 Å². The maximum Gasteiger partial charge on any atom is 0.220 e. The number of nitrogens with one attached hydrogen (secondary N) is 1. The van der Waals surface area contributed by atoms with Gasteiger partial charge in [0.1, 0.15) is 0 Å². The summed E-state index contributed by atoms with van der Waals surface area (Å²) in [6.07, 6.45) is 6.05. The van der Waals surface area contributed by atoms with Crippen LogP contribution in [0.4, 0.5) is 0 Å². The Morgan fingerprint density at radius 2 is 2.41 bits per heavy atom. The van der Waals surface area contributed by atoms with Crippen molar-refractivity contribution in [1.29, 1.82) is 0 Å². The van der Waals surface area contributed by atoms with Crippen molar-refractivity contribution in [3.8, 4) is 0 Å². The summed E-state index contributed by atoms with van der Waals surface area (Å²) in [7, 11) is 0. The molecule has 4 heteroatoms. The van der Waals surface area contributed by atoms with E-state index in [1.165, 1.54) is 0 Å². The van der Waals surface area contributed by atoms with Crippen LogP contribution in [0, 0.1) is 5.92 Å². The van der Waals surface area contributed by atoms with E-state index in [9.17, 15) is 4.79 Å². The minimum Gasteiger partial charge on any atom is -0.378 e. The molecule has 1 heterocycles. The molecule has 0 aliphatic carbocycles. The molecule has 17 heavy (non-hydrogen) atoms. The summed E-state index contributed by atoms with van der Waals surface area (Å²) in [6, 6.07) is 0. The molecule has 1 saturated heterocycles. The van der Waals surface area contributed by atoms with Crippen molar-refractivity contribution in [2.75, 3.05) is 19.0 Å². The molecule has 1 aliphatic heterocycles. The number of amides is 1. The van der Waals surface area contributed by atoms with Gasteiger partial charge in [0.2, 0.25) is 5.91 Å². The Hall–Kier alpha value is -0.280. The van der Waals surface area contributed by atoms with E-state index in [1.807, 2.05) is 0 Å². The van der Waals surface area contributed by atoms with Crippen LogP contribution in [0.1, 0.15) is 45.4 Å². The third kappa shape index (κ3) is 6.27. The lowest BCUT2D eigenvalue weighted by Gasteiger charge is -2.15. The summed E-state index contributed by atoms with van der Waals surface area (Å²) in [5.74, 6) is 1.33. The lowest BCUT2D eigenvalue weighted by atomic mass is 10.0. The number of alkyl halides is 1. The first-order valence-corrected chi connectivity index (χ1v) is 7.24. The molecule has 1 amide bonds. The van der Waals surface area contributed by atoms with Gasteiger partial charge in [-0.2, -0.15) is 0 Å². The Bertz CT molecular complexity index is 217. The molecule has 0 spiro atoms. The Balaban J connectivity index is 2.07. The molecule has 0 aromatic rings. The van der Waals surface area contributed by atoms with Crippen molar-refractivity contribution >= 4 is 17.5 Å². The van der Waals surface area contributed by atoms with E-state index in [1.54, 1.807) is 0 Å². The van der Waals surface area contributed by atoms with Crippen molar-refractivity contribution < 1.29 is 9.53 Å². The van der Waals surface area contributed by atoms with Crippen molar-refractivity contribution in [2.45, 2.75) is 51.6 Å². The molecule has 0 radical (unpaired) electrons. The van der Waals surface area contributed by atoms with Gasteiger partial charge in [0.25, 0.3) is 0 Å². The van der Waals surface area contributed by atoms with Gasteiger partial charge in [-0.3, -0.25) is 4.79 Å². The maximum absolute atomic E-state index is 11.6. The average Bonchev–Trinajstić information content (AvgIpc) is 2.85. The summed E-state index contributed by atoms with van der Waals surface area (Å²) in [4.78, 5) is 11.6. The second kappa shape index (κ2) is 8.76. The minimum atomic E-state index is 0.147. The SMILES string of the molecule is CCC(CCCl)CNC(=O)CCC1CCCO1. The minimum absolute atomic E-state index is 0.147. The van der Waals surface area contributed by atoms with Gasteiger partial charge in [-0.15, -0.1) is 11.6 Å². The van der Waals surface area contributed by atoms with Gasteiger partial charge in [0.15, 0.2) is 0 Å². The lowest BCUT2D eigenvalue weighted by Crippen LogP contribution is -2.29. The summed E-state index contributed by atoms with van der Waals surface area (Å²) in [5, 5.41) is 2.99. The van der Waals surface area contributed by atoms with Crippen LogP contribution in [0.3, 0.4) is 0 Å². The number of rotatable bonds is 8. The molecule has 1 aliphatic rings. The topological polar surface area (TPSA) is 38.3 Å². The fourth-order valence-electron chi connectivity index (χ4n) is 2.12. The van der Waals surface area contributed by atoms with Crippen molar-refractivity contribution in [1.82, 2.24) is 5.32 Å². The molecule has 100 valence electrons. The van der Waals surface area contributed by atoms with E-state index in [4.69, 9.17) is 16.3 Å². The fourth-order valence-corrected chi connectivity index (χ4v) is 2.42. The largest absolute Gasteiger partial charge is 0.378 e. The molecular weight excluding hydrogens is 238 g/mol. The van der Waals surface area contributed by atoms with Gasteiger partial charge in [-0.25, -0.2) is 0 Å².